The van der Waals surface area contributed by atoms with Crippen LogP contribution in [0.5, 0.6) is 11.5 Å². The molecule has 2 aromatic rings. The van der Waals surface area contributed by atoms with Crippen molar-refractivity contribution in [3.05, 3.63) is 59.7 Å². The van der Waals surface area contributed by atoms with E-state index in [1.807, 2.05) is 50.2 Å². The van der Waals surface area contributed by atoms with Crippen molar-refractivity contribution < 1.29 is 19.1 Å². The first-order chi connectivity index (χ1) is 15.1. The molecule has 2 unspecified atom stereocenters. The molecular weight excluding hydrogens is 404 g/mol. The Morgan fingerprint density at radius 2 is 1.41 bits per heavy atom. The van der Waals surface area contributed by atoms with Gasteiger partial charge in [0.1, 0.15) is 11.5 Å². The van der Waals surface area contributed by atoms with Crippen molar-refractivity contribution in [2.45, 2.75) is 59.9 Å². The summed E-state index contributed by atoms with van der Waals surface area (Å²) in [7, 11) is 0. The summed E-state index contributed by atoms with van der Waals surface area (Å²) in [5, 5.41) is 5.96. The molecular formula is C26H34N2O4. The van der Waals surface area contributed by atoms with E-state index in [2.05, 4.69) is 31.4 Å². The highest BCUT2D eigenvalue weighted by molar-refractivity contribution is 5.71. The monoisotopic (exact) mass is 438 g/mol. The number of hydrogen-bond acceptors (Lipinski definition) is 4. The molecule has 0 radical (unpaired) electrons. The molecule has 2 aromatic carbocycles. The van der Waals surface area contributed by atoms with Crippen LogP contribution >= 0.6 is 0 Å². The molecule has 0 saturated heterocycles. The molecule has 3 rings (SSSR count). The van der Waals surface area contributed by atoms with Crippen LogP contribution in [0.15, 0.2) is 48.5 Å². The second-order valence-electron chi connectivity index (χ2n) is 10.1. The van der Waals surface area contributed by atoms with Crippen LogP contribution in [-0.4, -0.2) is 24.8 Å². The van der Waals surface area contributed by atoms with Crippen LogP contribution in [0.3, 0.4) is 0 Å². The van der Waals surface area contributed by atoms with Gasteiger partial charge in [-0.1, -0.05) is 57.2 Å². The Morgan fingerprint density at radius 1 is 0.875 bits per heavy atom. The fraction of sp³-hybridized carbons (Fsp3) is 0.462. The normalized spacial score (nSPS) is 22.0. The molecule has 0 aromatic heterocycles. The number of para-hydroxylation sites is 2. The van der Waals surface area contributed by atoms with E-state index in [1.54, 1.807) is 12.1 Å². The van der Waals surface area contributed by atoms with Crippen LogP contribution in [0.4, 0.5) is 9.59 Å². The SMILES string of the molecule is Cc1ccccc1OC(=O)NCC1(C)CC(NC(=O)Oc2ccccc2C)CC(C)(C)C1. The zero-order valence-electron chi connectivity index (χ0n) is 19.7. The second kappa shape index (κ2) is 9.63. The summed E-state index contributed by atoms with van der Waals surface area (Å²) in [6.45, 7) is 10.8. The van der Waals surface area contributed by atoms with Gasteiger partial charge in [-0.15, -0.1) is 0 Å². The highest BCUT2D eigenvalue weighted by atomic mass is 16.6. The Labute approximate surface area is 190 Å². The van der Waals surface area contributed by atoms with Crippen LogP contribution in [0.25, 0.3) is 0 Å². The first-order valence-corrected chi connectivity index (χ1v) is 11.1. The van der Waals surface area contributed by atoms with E-state index in [1.165, 1.54) is 0 Å². The van der Waals surface area contributed by atoms with Gasteiger partial charge in [0.2, 0.25) is 0 Å². The van der Waals surface area contributed by atoms with E-state index >= 15 is 0 Å². The topological polar surface area (TPSA) is 76.7 Å². The molecule has 1 saturated carbocycles. The van der Waals surface area contributed by atoms with Crippen LogP contribution in [-0.2, 0) is 0 Å². The lowest BCUT2D eigenvalue weighted by Crippen LogP contribution is -2.51. The molecule has 2 atom stereocenters. The van der Waals surface area contributed by atoms with Gasteiger partial charge in [0.25, 0.3) is 0 Å². The number of ether oxygens (including phenoxy) is 2. The number of amides is 2. The zero-order valence-corrected chi connectivity index (χ0v) is 19.7. The Kier molecular flexibility index (Phi) is 7.12. The van der Waals surface area contributed by atoms with E-state index in [9.17, 15) is 9.59 Å². The number of carbonyl (C=O) groups excluding carboxylic acids is 2. The summed E-state index contributed by atoms with van der Waals surface area (Å²) in [6, 6.07) is 14.8. The lowest BCUT2D eigenvalue weighted by Gasteiger charge is -2.46. The number of aryl methyl sites for hydroxylation is 2. The number of hydrogen-bond donors (Lipinski definition) is 2. The predicted octanol–water partition coefficient (Wildman–Crippen LogP) is 5.77. The minimum atomic E-state index is -0.465. The highest BCUT2D eigenvalue weighted by Gasteiger charge is 2.42. The van der Waals surface area contributed by atoms with Crippen molar-refractivity contribution in [3.63, 3.8) is 0 Å². The number of rotatable bonds is 5. The van der Waals surface area contributed by atoms with Gasteiger partial charge in [-0.05, 0) is 67.2 Å². The van der Waals surface area contributed by atoms with Crippen molar-refractivity contribution in [3.8, 4) is 11.5 Å². The summed E-state index contributed by atoms with van der Waals surface area (Å²) in [5.41, 5.74) is 1.64. The maximum Gasteiger partial charge on any atom is 0.412 e. The maximum atomic E-state index is 12.5. The van der Waals surface area contributed by atoms with Gasteiger partial charge in [0.05, 0.1) is 0 Å². The maximum absolute atomic E-state index is 12.5. The van der Waals surface area contributed by atoms with Gasteiger partial charge in [-0.25, -0.2) is 9.59 Å². The quantitative estimate of drug-likeness (QED) is 0.622. The molecule has 1 aliphatic carbocycles. The van der Waals surface area contributed by atoms with Crippen molar-refractivity contribution in [1.29, 1.82) is 0 Å². The molecule has 6 nitrogen and oxygen atoms in total. The first kappa shape index (κ1) is 23.6. The van der Waals surface area contributed by atoms with Gasteiger partial charge < -0.3 is 20.1 Å². The summed E-state index contributed by atoms with van der Waals surface area (Å²) >= 11 is 0. The Bertz CT molecular complexity index is 972. The van der Waals surface area contributed by atoms with E-state index in [-0.39, 0.29) is 16.9 Å². The Balaban J connectivity index is 1.58. The van der Waals surface area contributed by atoms with E-state index in [4.69, 9.17) is 9.47 Å². The molecule has 0 heterocycles. The van der Waals surface area contributed by atoms with Crippen molar-refractivity contribution in [1.82, 2.24) is 10.6 Å². The molecule has 6 heteroatoms. The standard InChI is InChI=1S/C26H34N2O4/c1-18-10-6-8-12-21(18)31-23(29)27-17-26(5)15-20(14-25(3,4)16-26)28-24(30)32-22-13-9-7-11-19(22)2/h6-13,20H,14-17H2,1-5H3,(H,27,29)(H,28,30). The lowest BCUT2D eigenvalue weighted by atomic mass is 9.62. The van der Waals surface area contributed by atoms with Gasteiger partial charge in [-0.3, -0.25) is 0 Å². The summed E-state index contributed by atoms with van der Waals surface area (Å²) in [4.78, 5) is 24.9. The summed E-state index contributed by atoms with van der Waals surface area (Å²) < 4.78 is 11.0. The van der Waals surface area contributed by atoms with Crippen molar-refractivity contribution in [2.24, 2.45) is 10.8 Å². The third kappa shape index (κ3) is 6.49. The van der Waals surface area contributed by atoms with Crippen molar-refractivity contribution >= 4 is 12.2 Å². The Morgan fingerprint density at radius 3 is 1.97 bits per heavy atom. The minimum Gasteiger partial charge on any atom is -0.410 e. The average molecular weight is 439 g/mol. The smallest absolute Gasteiger partial charge is 0.410 e. The van der Waals surface area contributed by atoms with Crippen LogP contribution in [0, 0.1) is 24.7 Å². The van der Waals surface area contributed by atoms with Gasteiger partial charge in [-0.2, -0.15) is 0 Å². The molecule has 2 amide bonds. The van der Waals surface area contributed by atoms with Gasteiger partial charge in [0, 0.05) is 12.6 Å². The van der Waals surface area contributed by atoms with E-state index < -0.39 is 12.2 Å². The molecule has 172 valence electrons. The van der Waals surface area contributed by atoms with Gasteiger partial charge in [0.15, 0.2) is 0 Å². The third-order valence-electron chi connectivity index (χ3n) is 6.02. The first-order valence-electron chi connectivity index (χ1n) is 11.1. The number of carbonyl (C=O) groups is 2. The molecule has 0 aliphatic heterocycles. The molecule has 0 bridgehead atoms. The molecule has 2 N–H and O–H groups in total. The van der Waals surface area contributed by atoms with Crippen LogP contribution in [0.2, 0.25) is 0 Å². The molecule has 0 spiro atoms. The molecule has 1 aliphatic rings. The predicted molar refractivity (Wildman–Crippen MR) is 125 cm³/mol. The van der Waals surface area contributed by atoms with Crippen molar-refractivity contribution in [2.75, 3.05) is 6.54 Å². The number of benzene rings is 2. The highest BCUT2D eigenvalue weighted by Crippen LogP contribution is 2.45. The van der Waals surface area contributed by atoms with Gasteiger partial charge >= 0.3 is 12.2 Å². The summed E-state index contributed by atoms with van der Waals surface area (Å²) in [5.74, 6) is 1.11. The van der Waals surface area contributed by atoms with Crippen LogP contribution < -0.4 is 20.1 Å². The van der Waals surface area contributed by atoms with Crippen LogP contribution in [0.1, 0.15) is 51.2 Å². The second-order valence-corrected chi connectivity index (χ2v) is 10.1. The fourth-order valence-corrected chi connectivity index (χ4v) is 4.93. The minimum absolute atomic E-state index is 0.00914. The molecule has 1 fully saturated rings. The average Bonchev–Trinajstić information content (AvgIpc) is 2.68. The summed E-state index contributed by atoms with van der Waals surface area (Å²) in [6.07, 6.45) is 1.60. The lowest BCUT2D eigenvalue weighted by molar-refractivity contribution is 0.0701. The Hall–Kier alpha value is -3.02. The number of nitrogens with one attached hydrogen (secondary N) is 2. The van der Waals surface area contributed by atoms with E-state index in [0.29, 0.717) is 18.0 Å². The molecule has 32 heavy (non-hydrogen) atoms. The third-order valence-corrected chi connectivity index (χ3v) is 6.02. The largest absolute Gasteiger partial charge is 0.412 e. The zero-order chi connectivity index (χ0) is 23.4. The fourth-order valence-electron chi connectivity index (χ4n) is 4.93. The van der Waals surface area contributed by atoms with E-state index in [0.717, 1.165) is 30.4 Å².